The maximum Gasteiger partial charge on any atom is 0.257 e. The summed E-state index contributed by atoms with van der Waals surface area (Å²) in [7, 11) is 0. The number of nitrogens with one attached hydrogen (secondary N) is 1. The summed E-state index contributed by atoms with van der Waals surface area (Å²) in [5.74, 6) is 0.644. The molecule has 1 aliphatic heterocycles. The summed E-state index contributed by atoms with van der Waals surface area (Å²) < 4.78 is 5.65. The number of para-hydroxylation sites is 1. The zero-order valence-corrected chi connectivity index (χ0v) is 16.1. The Morgan fingerprint density at radius 3 is 2.75 bits per heavy atom. The molecule has 0 aromatic heterocycles. The highest BCUT2D eigenvalue weighted by Gasteiger charge is 2.15. The molecule has 4 heteroatoms. The average molecular weight is 374 g/mol. The number of amides is 1. The summed E-state index contributed by atoms with van der Waals surface area (Å²) in [5, 5.41) is 5.24. The van der Waals surface area contributed by atoms with Gasteiger partial charge in [-0.1, -0.05) is 48.5 Å². The van der Waals surface area contributed by atoms with Gasteiger partial charge in [0.15, 0.2) is 6.61 Å². The summed E-state index contributed by atoms with van der Waals surface area (Å²) >= 11 is 0. The lowest BCUT2D eigenvalue weighted by Gasteiger charge is -2.31. The first-order chi connectivity index (χ1) is 13.8. The van der Waals surface area contributed by atoms with E-state index >= 15 is 0 Å². The van der Waals surface area contributed by atoms with Gasteiger partial charge in [-0.05, 0) is 53.8 Å². The molecule has 4 nitrogen and oxygen atoms in total. The van der Waals surface area contributed by atoms with Crippen molar-refractivity contribution in [1.29, 1.82) is 0 Å². The Morgan fingerprint density at radius 2 is 1.82 bits per heavy atom. The van der Waals surface area contributed by atoms with Crippen molar-refractivity contribution in [2.24, 2.45) is 0 Å². The Kier molecular flexibility index (Phi) is 5.76. The number of benzene rings is 3. The van der Waals surface area contributed by atoms with Crippen LogP contribution < -0.4 is 15.0 Å². The van der Waals surface area contributed by atoms with Gasteiger partial charge in [-0.25, -0.2) is 0 Å². The average Bonchev–Trinajstić information content (AvgIpc) is 2.75. The Bertz CT molecular complexity index is 954. The van der Waals surface area contributed by atoms with Gasteiger partial charge in [0.05, 0.1) is 0 Å². The predicted octanol–water partition coefficient (Wildman–Crippen LogP) is 4.18. The number of carbonyl (C=O) groups is 1. The number of hydrogen-bond acceptors (Lipinski definition) is 3. The minimum Gasteiger partial charge on any atom is -0.484 e. The van der Waals surface area contributed by atoms with E-state index in [-0.39, 0.29) is 12.5 Å². The predicted molar refractivity (Wildman–Crippen MR) is 114 cm³/mol. The molecule has 0 radical (unpaired) electrons. The van der Waals surface area contributed by atoms with E-state index in [1.165, 1.54) is 23.1 Å². The first-order valence-electron chi connectivity index (χ1n) is 10.0. The standard InChI is InChI=1S/C24H26N2O2/c27-24(18-28-22-13-12-19-7-1-2-9-21(19)17-22)25-14-6-16-26-15-5-10-20-8-3-4-11-23(20)26/h1-4,7-9,11-13,17H,5-6,10,14-16,18H2,(H,25,27). The molecule has 0 aliphatic carbocycles. The molecule has 28 heavy (non-hydrogen) atoms. The fourth-order valence-electron chi connectivity index (χ4n) is 3.80. The zero-order chi connectivity index (χ0) is 19.2. The minimum atomic E-state index is -0.0767. The van der Waals surface area contributed by atoms with Gasteiger partial charge in [0.1, 0.15) is 5.75 Å². The van der Waals surface area contributed by atoms with Crippen LogP contribution >= 0.6 is 0 Å². The van der Waals surface area contributed by atoms with Crippen LogP contribution in [0.25, 0.3) is 10.8 Å². The van der Waals surface area contributed by atoms with Crippen molar-refractivity contribution in [2.75, 3.05) is 31.1 Å². The molecular formula is C24H26N2O2. The highest BCUT2D eigenvalue weighted by Crippen LogP contribution is 2.26. The molecule has 0 fully saturated rings. The van der Waals surface area contributed by atoms with Crippen LogP contribution in [-0.2, 0) is 11.2 Å². The number of hydrogen-bond donors (Lipinski definition) is 1. The van der Waals surface area contributed by atoms with Crippen LogP contribution in [0.1, 0.15) is 18.4 Å². The van der Waals surface area contributed by atoms with E-state index in [0.29, 0.717) is 6.54 Å². The van der Waals surface area contributed by atoms with Gasteiger partial charge in [-0.3, -0.25) is 4.79 Å². The molecule has 1 aliphatic rings. The van der Waals surface area contributed by atoms with Gasteiger partial charge in [0.2, 0.25) is 0 Å². The second-order valence-electron chi connectivity index (χ2n) is 7.22. The Hall–Kier alpha value is -3.01. The normalized spacial score (nSPS) is 13.2. The largest absolute Gasteiger partial charge is 0.484 e. The summed E-state index contributed by atoms with van der Waals surface area (Å²) in [6.07, 6.45) is 3.29. The summed E-state index contributed by atoms with van der Waals surface area (Å²) in [6.45, 7) is 2.77. The number of anilines is 1. The Labute approximate surface area is 166 Å². The van der Waals surface area contributed by atoms with Crippen LogP contribution in [0.15, 0.2) is 66.7 Å². The smallest absolute Gasteiger partial charge is 0.257 e. The van der Waals surface area contributed by atoms with Gasteiger partial charge in [0.25, 0.3) is 5.91 Å². The van der Waals surface area contributed by atoms with Gasteiger partial charge in [-0.2, -0.15) is 0 Å². The van der Waals surface area contributed by atoms with Crippen molar-refractivity contribution < 1.29 is 9.53 Å². The molecule has 1 heterocycles. The Morgan fingerprint density at radius 1 is 1.00 bits per heavy atom. The van der Waals surface area contributed by atoms with Gasteiger partial charge >= 0.3 is 0 Å². The fourth-order valence-corrected chi connectivity index (χ4v) is 3.80. The molecule has 144 valence electrons. The zero-order valence-electron chi connectivity index (χ0n) is 16.1. The molecule has 0 saturated carbocycles. The molecule has 1 amide bonds. The van der Waals surface area contributed by atoms with Gasteiger partial charge < -0.3 is 15.0 Å². The Balaban J connectivity index is 1.20. The molecular weight excluding hydrogens is 348 g/mol. The van der Waals surface area contributed by atoms with Crippen LogP contribution in [0.5, 0.6) is 5.75 Å². The lowest BCUT2D eigenvalue weighted by Crippen LogP contribution is -2.34. The molecule has 3 aromatic rings. The topological polar surface area (TPSA) is 41.6 Å². The number of rotatable bonds is 7. The molecule has 0 atom stereocenters. The maximum atomic E-state index is 12.1. The van der Waals surface area contributed by atoms with Crippen molar-refractivity contribution in [2.45, 2.75) is 19.3 Å². The van der Waals surface area contributed by atoms with E-state index in [2.05, 4.69) is 40.5 Å². The van der Waals surface area contributed by atoms with Crippen molar-refractivity contribution in [3.63, 3.8) is 0 Å². The third kappa shape index (κ3) is 4.45. The maximum absolute atomic E-state index is 12.1. The molecule has 4 rings (SSSR count). The summed E-state index contributed by atoms with van der Waals surface area (Å²) in [6, 6.07) is 22.6. The monoisotopic (exact) mass is 374 g/mol. The van der Waals surface area contributed by atoms with Crippen molar-refractivity contribution in [3.8, 4) is 5.75 Å². The number of carbonyl (C=O) groups excluding carboxylic acids is 1. The van der Waals surface area contributed by atoms with E-state index in [0.717, 1.165) is 37.1 Å². The third-order valence-electron chi connectivity index (χ3n) is 5.22. The van der Waals surface area contributed by atoms with Crippen molar-refractivity contribution >= 4 is 22.4 Å². The molecule has 0 bridgehead atoms. The van der Waals surface area contributed by atoms with E-state index in [1.807, 2.05) is 36.4 Å². The third-order valence-corrected chi connectivity index (χ3v) is 5.22. The highest BCUT2D eigenvalue weighted by atomic mass is 16.5. The first-order valence-corrected chi connectivity index (χ1v) is 10.0. The molecule has 3 aromatic carbocycles. The second kappa shape index (κ2) is 8.79. The van der Waals surface area contributed by atoms with E-state index in [1.54, 1.807) is 0 Å². The summed E-state index contributed by atoms with van der Waals surface area (Å²) in [4.78, 5) is 14.5. The van der Waals surface area contributed by atoms with Gasteiger partial charge in [-0.15, -0.1) is 0 Å². The van der Waals surface area contributed by atoms with Crippen LogP contribution in [0.3, 0.4) is 0 Å². The second-order valence-corrected chi connectivity index (χ2v) is 7.22. The number of fused-ring (bicyclic) bond motifs is 2. The van der Waals surface area contributed by atoms with Crippen LogP contribution in [0.2, 0.25) is 0 Å². The SMILES string of the molecule is O=C(COc1ccc2ccccc2c1)NCCCN1CCCc2ccccc21. The van der Waals surface area contributed by atoms with Gasteiger partial charge in [0, 0.05) is 25.3 Å². The summed E-state index contributed by atoms with van der Waals surface area (Å²) in [5.41, 5.74) is 2.78. The minimum absolute atomic E-state index is 0.0465. The number of aryl methyl sites for hydroxylation is 1. The van der Waals surface area contributed by atoms with E-state index in [9.17, 15) is 4.79 Å². The molecule has 0 spiro atoms. The van der Waals surface area contributed by atoms with E-state index in [4.69, 9.17) is 4.74 Å². The first kappa shape index (κ1) is 18.4. The van der Waals surface area contributed by atoms with Crippen LogP contribution in [-0.4, -0.2) is 32.1 Å². The van der Waals surface area contributed by atoms with E-state index < -0.39 is 0 Å². The number of ether oxygens (including phenoxy) is 1. The lowest BCUT2D eigenvalue weighted by atomic mass is 10.0. The van der Waals surface area contributed by atoms with Crippen molar-refractivity contribution in [1.82, 2.24) is 5.32 Å². The lowest BCUT2D eigenvalue weighted by molar-refractivity contribution is -0.123. The van der Waals surface area contributed by atoms with Crippen LogP contribution in [0.4, 0.5) is 5.69 Å². The number of nitrogens with zero attached hydrogens (tertiary/aromatic N) is 1. The molecule has 0 unspecified atom stereocenters. The fraction of sp³-hybridized carbons (Fsp3) is 0.292. The van der Waals surface area contributed by atoms with Crippen molar-refractivity contribution in [3.05, 3.63) is 72.3 Å². The quantitative estimate of drug-likeness (QED) is 0.631. The highest BCUT2D eigenvalue weighted by molar-refractivity contribution is 5.84. The van der Waals surface area contributed by atoms with Crippen LogP contribution in [0, 0.1) is 0 Å². The molecule has 1 N–H and O–H groups in total. The molecule has 0 saturated heterocycles.